The second-order valence-corrected chi connectivity index (χ2v) is 6.39. The highest BCUT2D eigenvalue weighted by atomic mass is 16.6. The Hall–Kier alpha value is -3.30. The molecule has 2 rings (SSSR count). The van der Waals surface area contributed by atoms with Gasteiger partial charge in [-0.3, -0.25) is 10.1 Å². The molecule has 10 heteroatoms. The zero-order chi connectivity index (χ0) is 20.3. The number of allylic oxidation sites excluding steroid dienone is 1. The Morgan fingerprint density at radius 2 is 2.04 bits per heavy atom. The standard InChI is InChI=1S/C17H21N3O7/c1-8(2)7-27-16(22)13-9(3)18-17(23)19-14(13)10-5-11(20(24)25)15(21)12(6-10)26-4/h5-6,8,14,21H,7H2,1-4H3,(H2,18,19,23)/p-1/t14-/m0/s1. The van der Waals surface area contributed by atoms with Crippen LogP contribution in [0.15, 0.2) is 23.4 Å². The van der Waals surface area contributed by atoms with Crippen LogP contribution in [0.2, 0.25) is 0 Å². The van der Waals surface area contributed by atoms with Crippen LogP contribution in [-0.4, -0.2) is 30.6 Å². The average Bonchev–Trinajstić information content (AvgIpc) is 2.58. The Morgan fingerprint density at radius 3 is 2.59 bits per heavy atom. The third-order valence-corrected chi connectivity index (χ3v) is 3.84. The number of methoxy groups -OCH3 is 1. The molecule has 27 heavy (non-hydrogen) atoms. The highest BCUT2D eigenvalue weighted by Crippen LogP contribution is 2.39. The van der Waals surface area contributed by atoms with Crippen molar-refractivity contribution in [2.24, 2.45) is 5.92 Å². The van der Waals surface area contributed by atoms with Crippen LogP contribution in [0.3, 0.4) is 0 Å². The fourth-order valence-corrected chi connectivity index (χ4v) is 2.60. The summed E-state index contributed by atoms with van der Waals surface area (Å²) in [7, 11) is 1.20. The van der Waals surface area contributed by atoms with Gasteiger partial charge in [-0.15, -0.1) is 0 Å². The van der Waals surface area contributed by atoms with Crippen molar-refractivity contribution in [2.75, 3.05) is 13.7 Å². The molecule has 0 spiro atoms. The van der Waals surface area contributed by atoms with Crippen molar-refractivity contribution in [3.8, 4) is 11.5 Å². The fourth-order valence-electron chi connectivity index (χ4n) is 2.60. The van der Waals surface area contributed by atoms with Gasteiger partial charge in [-0.2, -0.15) is 0 Å². The number of nitro benzene ring substituents is 1. The maximum absolute atomic E-state index is 12.5. The second kappa shape index (κ2) is 7.94. The minimum absolute atomic E-state index is 0.0882. The van der Waals surface area contributed by atoms with Crippen molar-refractivity contribution in [1.29, 1.82) is 0 Å². The first-order chi connectivity index (χ1) is 12.6. The molecule has 0 saturated carbocycles. The van der Waals surface area contributed by atoms with Gasteiger partial charge in [-0.1, -0.05) is 13.8 Å². The molecule has 2 N–H and O–H groups in total. The third kappa shape index (κ3) is 4.27. The number of benzene rings is 1. The van der Waals surface area contributed by atoms with Crippen LogP contribution in [0.5, 0.6) is 11.5 Å². The van der Waals surface area contributed by atoms with Crippen LogP contribution in [0.25, 0.3) is 0 Å². The summed E-state index contributed by atoms with van der Waals surface area (Å²) in [6, 6.07) is 0.649. The van der Waals surface area contributed by atoms with Crippen LogP contribution in [0, 0.1) is 16.0 Å². The third-order valence-electron chi connectivity index (χ3n) is 3.84. The van der Waals surface area contributed by atoms with Gasteiger partial charge in [-0.05, 0) is 24.5 Å². The molecule has 1 aromatic carbocycles. The molecule has 2 amide bonds. The Morgan fingerprint density at radius 1 is 1.37 bits per heavy atom. The van der Waals surface area contributed by atoms with E-state index in [9.17, 15) is 24.8 Å². The van der Waals surface area contributed by atoms with Crippen molar-refractivity contribution >= 4 is 17.7 Å². The number of nitrogens with one attached hydrogen (secondary N) is 2. The van der Waals surface area contributed by atoms with Gasteiger partial charge in [0.25, 0.3) is 5.69 Å². The molecule has 1 atom stereocenters. The lowest BCUT2D eigenvalue weighted by atomic mass is 9.94. The van der Waals surface area contributed by atoms with Gasteiger partial charge in [0.05, 0.1) is 30.3 Å². The monoisotopic (exact) mass is 378 g/mol. The number of nitro groups is 1. The van der Waals surface area contributed by atoms with Crippen molar-refractivity contribution in [2.45, 2.75) is 26.8 Å². The lowest BCUT2D eigenvalue weighted by molar-refractivity contribution is -0.398. The predicted molar refractivity (Wildman–Crippen MR) is 92.0 cm³/mol. The smallest absolute Gasteiger partial charge is 0.338 e. The number of ether oxygens (including phenoxy) is 2. The van der Waals surface area contributed by atoms with E-state index in [2.05, 4.69) is 10.6 Å². The maximum atomic E-state index is 12.5. The molecule has 0 fully saturated rings. The molecule has 1 aliphatic heterocycles. The molecule has 10 nitrogen and oxygen atoms in total. The quantitative estimate of drug-likeness (QED) is 0.434. The summed E-state index contributed by atoms with van der Waals surface area (Å²) in [5.74, 6) is -1.73. The van der Waals surface area contributed by atoms with Crippen molar-refractivity contribution < 1.29 is 29.1 Å². The molecule has 0 bridgehead atoms. The molecule has 0 unspecified atom stereocenters. The van der Waals surface area contributed by atoms with Crippen molar-refractivity contribution in [3.63, 3.8) is 0 Å². The van der Waals surface area contributed by atoms with Crippen LogP contribution < -0.4 is 20.5 Å². The number of carbonyl (C=O) groups excluding carboxylic acids is 2. The summed E-state index contributed by atoms with van der Waals surface area (Å²) in [6.07, 6.45) is 0. The molecule has 146 valence electrons. The van der Waals surface area contributed by atoms with E-state index in [1.54, 1.807) is 0 Å². The van der Waals surface area contributed by atoms with Gasteiger partial charge >= 0.3 is 12.0 Å². The highest BCUT2D eigenvalue weighted by molar-refractivity contribution is 5.95. The topological polar surface area (TPSA) is 143 Å². The number of hydrogen-bond acceptors (Lipinski definition) is 7. The predicted octanol–water partition coefficient (Wildman–Crippen LogP) is 1.50. The average molecular weight is 378 g/mol. The molecule has 0 saturated heterocycles. The molecule has 1 aliphatic rings. The van der Waals surface area contributed by atoms with Gasteiger partial charge < -0.3 is 25.2 Å². The summed E-state index contributed by atoms with van der Waals surface area (Å²) in [6.45, 7) is 5.42. The first-order valence-corrected chi connectivity index (χ1v) is 8.14. The van der Waals surface area contributed by atoms with Crippen molar-refractivity contribution in [1.82, 2.24) is 10.6 Å². The number of carbonyl (C=O) groups is 2. The van der Waals surface area contributed by atoms with E-state index in [-0.39, 0.29) is 35.1 Å². The normalized spacial score (nSPS) is 16.6. The summed E-state index contributed by atoms with van der Waals surface area (Å²) >= 11 is 0. The SMILES string of the molecule is COc1cc([C@@H]2NC(=O)NC(C)=C2C(=O)OCC(C)C)cc([N+](=O)[O-])c1[O-]. The number of nitrogens with zero attached hydrogens (tertiary/aromatic N) is 1. The summed E-state index contributed by atoms with van der Waals surface area (Å²) in [4.78, 5) is 34.8. The number of urea groups is 1. The number of rotatable bonds is 6. The maximum Gasteiger partial charge on any atom is 0.338 e. The molecule has 1 aromatic rings. The largest absolute Gasteiger partial charge is 0.865 e. The van der Waals surface area contributed by atoms with E-state index in [0.29, 0.717) is 0 Å². The van der Waals surface area contributed by atoms with Crippen molar-refractivity contribution in [3.05, 3.63) is 39.1 Å². The first kappa shape index (κ1) is 20.0. The summed E-state index contributed by atoms with van der Waals surface area (Å²) < 4.78 is 10.2. The molecular weight excluding hydrogens is 358 g/mol. The van der Waals surface area contributed by atoms with Gasteiger partial charge in [0, 0.05) is 17.5 Å². The minimum Gasteiger partial charge on any atom is -0.865 e. The number of amides is 2. The van der Waals surface area contributed by atoms with Gasteiger partial charge in [-0.25, -0.2) is 9.59 Å². The lowest BCUT2D eigenvalue weighted by Gasteiger charge is -2.29. The Bertz CT molecular complexity index is 817. The van der Waals surface area contributed by atoms with Gasteiger partial charge in [0.2, 0.25) is 0 Å². The zero-order valence-corrected chi connectivity index (χ0v) is 15.3. The summed E-state index contributed by atoms with van der Waals surface area (Å²) in [5, 5.41) is 28.2. The zero-order valence-electron chi connectivity index (χ0n) is 15.3. The summed E-state index contributed by atoms with van der Waals surface area (Å²) in [5.41, 5.74) is -0.218. The van der Waals surface area contributed by atoms with E-state index in [1.165, 1.54) is 20.1 Å². The highest BCUT2D eigenvalue weighted by Gasteiger charge is 2.33. The first-order valence-electron chi connectivity index (χ1n) is 8.14. The van der Waals surface area contributed by atoms with Crippen LogP contribution >= 0.6 is 0 Å². The minimum atomic E-state index is -1.04. The molecule has 1 heterocycles. The Kier molecular flexibility index (Phi) is 5.88. The molecule has 0 radical (unpaired) electrons. The Labute approximate surface area is 155 Å². The fraction of sp³-hybridized carbons (Fsp3) is 0.412. The number of esters is 1. The molecular formula is C17H20N3O7-. The van der Waals surface area contributed by atoms with E-state index in [1.807, 2.05) is 13.8 Å². The Balaban J connectivity index is 2.54. The van der Waals surface area contributed by atoms with Gasteiger partial charge in [0.15, 0.2) is 0 Å². The molecule has 0 aromatic heterocycles. The van der Waals surface area contributed by atoms with E-state index < -0.39 is 34.4 Å². The van der Waals surface area contributed by atoms with E-state index in [0.717, 1.165) is 6.07 Å². The van der Waals surface area contributed by atoms with Gasteiger partial charge in [0.1, 0.15) is 5.75 Å². The lowest BCUT2D eigenvalue weighted by Crippen LogP contribution is -2.45. The van der Waals surface area contributed by atoms with Crippen LogP contribution in [0.1, 0.15) is 32.4 Å². The van der Waals surface area contributed by atoms with E-state index in [4.69, 9.17) is 9.47 Å². The van der Waals surface area contributed by atoms with Crippen LogP contribution in [0.4, 0.5) is 10.5 Å². The van der Waals surface area contributed by atoms with Crippen LogP contribution in [-0.2, 0) is 9.53 Å². The molecule has 0 aliphatic carbocycles. The van der Waals surface area contributed by atoms with E-state index >= 15 is 0 Å². The number of hydrogen-bond donors (Lipinski definition) is 2. The second-order valence-electron chi connectivity index (χ2n) is 6.39.